The van der Waals surface area contributed by atoms with Crippen LogP contribution in [0, 0.1) is 0 Å². The standard InChI is InChI=1S/C19H24N2O2/c1-15(22)14-21(2)19(23)20-13-12-16-8-10-18(11-9-16)17-6-4-3-5-7-17/h3-11,15,22H,12-14H2,1-2H3,(H,20,23). The summed E-state index contributed by atoms with van der Waals surface area (Å²) in [4.78, 5) is 13.3. The molecule has 2 aromatic carbocycles. The van der Waals surface area contributed by atoms with Gasteiger partial charge in [0.2, 0.25) is 0 Å². The van der Waals surface area contributed by atoms with Crippen LogP contribution < -0.4 is 5.32 Å². The van der Waals surface area contributed by atoms with Gasteiger partial charge in [0.05, 0.1) is 6.10 Å². The Morgan fingerprint density at radius 3 is 2.30 bits per heavy atom. The highest BCUT2D eigenvalue weighted by Crippen LogP contribution is 2.19. The number of likely N-dealkylation sites (N-methyl/N-ethyl adjacent to an activating group) is 1. The van der Waals surface area contributed by atoms with Crippen LogP contribution in [-0.2, 0) is 6.42 Å². The molecule has 0 spiro atoms. The van der Waals surface area contributed by atoms with Gasteiger partial charge in [-0.1, -0.05) is 54.6 Å². The van der Waals surface area contributed by atoms with Gasteiger partial charge in [-0.05, 0) is 30.0 Å². The number of urea groups is 1. The van der Waals surface area contributed by atoms with Gasteiger partial charge < -0.3 is 15.3 Å². The zero-order chi connectivity index (χ0) is 16.7. The molecule has 2 rings (SSSR count). The van der Waals surface area contributed by atoms with Crippen molar-refractivity contribution in [3.8, 4) is 11.1 Å². The minimum Gasteiger partial charge on any atom is -0.392 e. The van der Waals surface area contributed by atoms with Crippen LogP contribution in [0.5, 0.6) is 0 Å². The molecule has 122 valence electrons. The topological polar surface area (TPSA) is 52.6 Å². The number of benzene rings is 2. The summed E-state index contributed by atoms with van der Waals surface area (Å²) in [6.45, 7) is 2.57. The van der Waals surface area contributed by atoms with Gasteiger partial charge in [0.25, 0.3) is 0 Å². The summed E-state index contributed by atoms with van der Waals surface area (Å²) in [5.41, 5.74) is 3.57. The van der Waals surface area contributed by atoms with Crippen molar-refractivity contribution >= 4 is 6.03 Å². The molecule has 0 saturated heterocycles. The van der Waals surface area contributed by atoms with E-state index in [0.717, 1.165) is 6.42 Å². The third kappa shape index (κ3) is 5.42. The molecule has 0 aliphatic rings. The van der Waals surface area contributed by atoms with Gasteiger partial charge in [-0.15, -0.1) is 0 Å². The van der Waals surface area contributed by atoms with Gasteiger partial charge in [-0.3, -0.25) is 0 Å². The molecule has 1 unspecified atom stereocenters. The number of carbonyl (C=O) groups is 1. The van der Waals surface area contributed by atoms with E-state index >= 15 is 0 Å². The maximum atomic E-state index is 11.8. The second-order valence-electron chi connectivity index (χ2n) is 5.77. The molecule has 0 bridgehead atoms. The van der Waals surface area contributed by atoms with Crippen LogP contribution in [-0.4, -0.2) is 42.3 Å². The lowest BCUT2D eigenvalue weighted by Crippen LogP contribution is -2.41. The summed E-state index contributed by atoms with van der Waals surface area (Å²) < 4.78 is 0. The van der Waals surface area contributed by atoms with Crippen molar-refractivity contribution in [2.24, 2.45) is 0 Å². The first-order valence-electron chi connectivity index (χ1n) is 7.87. The molecule has 0 aliphatic carbocycles. The predicted molar refractivity (Wildman–Crippen MR) is 93.3 cm³/mol. The highest BCUT2D eigenvalue weighted by atomic mass is 16.3. The van der Waals surface area contributed by atoms with Gasteiger partial charge in [0.15, 0.2) is 0 Å². The van der Waals surface area contributed by atoms with E-state index < -0.39 is 6.10 Å². The van der Waals surface area contributed by atoms with Crippen LogP contribution >= 0.6 is 0 Å². The summed E-state index contributed by atoms with van der Waals surface area (Å²) in [5, 5.41) is 12.1. The van der Waals surface area contributed by atoms with E-state index in [-0.39, 0.29) is 6.03 Å². The minimum atomic E-state index is -0.517. The van der Waals surface area contributed by atoms with Crippen LogP contribution in [0.4, 0.5) is 4.79 Å². The van der Waals surface area contributed by atoms with Gasteiger partial charge in [0, 0.05) is 20.1 Å². The summed E-state index contributed by atoms with van der Waals surface area (Å²) in [7, 11) is 1.68. The fourth-order valence-electron chi connectivity index (χ4n) is 2.42. The maximum Gasteiger partial charge on any atom is 0.317 e. The van der Waals surface area contributed by atoms with Crippen LogP contribution in [0.1, 0.15) is 12.5 Å². The monoisotopic (exact) mass is 312 g/mol. The summed E-state index contributed by atoms with van der Waals surface area (Å²) in [5.74, 6) is 0. The number of aliphatic hydroxyl groups excluding tert-OH is 1. The summed E-state index contributed by atoms with van der Waals surface area (Å²) in [6, 6.07) is 18.5. The first kappa shape index (κ1) is 17.0. The first-order chi connectivity index (χ1) is 11.1. The number of amides is 2. The van der Waals surface area contributed by atoms with Gasteiger partial charge >= 0.3 is 6.03 Å². The molecular weight excluding hydrogens is 288 g/mol. The van der Waals surface area contributed by atoms with Gasteiger partial charge in [0.1, 0.15) is 0 Å². The molecule has 0 aliphatic heterocycles. The molecule has 0 saturated carbocycles. The zero-order valence-corrected chi connectivity index (χ0v) is 13.7. The van der Waals surface area contributed by atoms with Crippen molar-refractivity contribution < 1.29 is 9.90 Å². The number of aliphatic hydroxyl groups is 1. The molecule has 0 radical (unpaired) electrons. The average Bonchev–Trinajstić information content (AvgIpc) is 2.55. The quantitative estimate of drug-likeness (QED) is 0.861. The molecule has 4 nitrogen and oxygen atoms in total. The Balaban J connectivity index is 1.82. The smallest absolute Gasteiger partial charge is 0.317 e. The van der Waals surface area contributed by atoms with E-state index in [0.29, 0.717) is 13.1 Å². The second kappa shape index (κ2) is 8.34. The van der Waals surface area contributed by atoms with E-state index in [2.05, 4.69) is 41.7 Å². The Hall–Kier alpha value is -2.33. The maximum absolute atomic E-state index is 11.8. The molecular formula is C19H24N2O2. The Kier molecular flexibility index (Phi) is 6.18. The number of rotatable bonds is 6. The Morgan fingerprint density at radius 1 is 1.09 bits per heavy atom. The fraction of sp³-hybridized carbons (Fsp3) is 0.316. The van der Waals surface area contributed by atoms with E-state index in [1.165, 1.54) is 21.6 Å². The lowest BCUT2D eigenvalue weighted by molar-refractivity contribution is 0.144. The van der Waals surface area contributed by atoms with Gasteiger partial charge in [-0.25, -0.2) is 4.79 Å². The number of hydrogen-bond donors (Lipinski definition) is 2. The average molecular weight is 312 g/mol. The molecule has 2 aromatic rings. The SMILES string of the molecule is CC(O)CN(C)C(=O)NCCc1ccc(-c2ccccc2)cc1. The van der Waals surface area contributed by atoms with Crippen LogP contribution in [0.25, 0.3) is 11.1 Å². The normalized spacial score (nSPS) is 11.8. The van der Waals surface area contributed by atoms with Crippen molar-refractivity contribution in [2.45, 2.75) is 19.4 Å². The van der Waals surface area contributed by atoms with Crippen LogP contribution in [0.3, 0.4) is 0 Å². The molecule has 23 heavy (non-hydrogen) atoms. The molecule has 1 atom stereocenters. The second-order valence-corrected chi connectivity index (χ2v) is 5.77. The molecule has 4 heteroatoms. The summed E-state index contributed by atoms with van der Waals surface area (Å²) >= 11 is 0. The predicted octanol–water partition coefficient (Wildman–Crippen LogP) is 2.92. The van der Waals surface area contributed by atoms with Crippen LogP contribution in [0.2, 0.25) is 0 Å². The number of hydrogen-bond acceptors (Lipinski definition) is 2. The van der Waals surface area contributed by atoms with Crippen molar-refractivity contribution in [1.82, 2.24) is 10.2 Å². The van der Waals surface area contributed by atoms with Crippen molar-refractivity contribution in [2.75, 3.05) is 20.1 Å². The van der Waals surface area contributed by atoms with Crippen LogP contribution in [0.15, 0.2) is 54.6 Å². The van der Waals surface area contributed by atoms with E-state index in [1.807, 2.05) is 18.2 Å². The molecule has 0 heterocycles. The zero-order valence-electron chi connectivity index (χ0n) is 13.7. The third-order valence-corrected chi connectivity index (χ3v) is 3.64. The van der Waals surface area contributed by atoms with Crippen molar-refractivity contribution in [3.63, 3.8) is 0 Å². The highest BCUT2D eigenvalue weighted by molar-refractivity contribution is 5.73. The molecule has 0 aromatic heterocycles. The highest BCUT2D eigenvalue weighted by Gasteiger charge is 2.09. The Labute approximate surface area is 137 Å². The van der Waals surface area contributed by atoms with Gasteiger partial charge in [-0.2, -0.15) is 0 Å². The first-order valence-corrected chi connectivity index (χ1v) is 7.87. The van der Waals surface area contributed by atoms with Crippen molar-refractivity contribution in [1.29, 1.82) is 0 Å². The Morgan fingerprint density at radius 2 is 1.70 bits per heavy atom. The molecule has 2 N–H and O–H groups in total. The number of carbonyl (C=O) groups excluding carboxylic acids is 1. The van der Waals surface area contributed by atoms with E-state index in [1.54, 1.807) is 14.0 Å². The third-order valence-electron chi connectivity index (χ3n) is 3.64. The lowest BCUT2D eigenvalue weighted by atomic mass is 10.0. The van der Waals surface area contributed by atoms with Crippen molar-refractivity contribution in [3.05, 3.63) is 60.2 Å². The molecule has 2 amide bonds. The van der Waals surface area contributed by atoms with E-state index in [9.17, 15) is 9.90 Å². The largest absolute Gasteiger partial charge is 0.392 e. The molecule has 0 fully saturated rings. The number of nitrogens with one attached hydrogen (secondary N) is 1. The number of nitrogens with zero attached hydrogens (tertiary/aromatic N) is 1. The Bertz CT molecular complexity index is 609. The summed E-state index contributed by atoms with van der Waals surface area (Å²) in [6.07, 6.45) is 0.264. The fourth-order valence-corrected chi connectivity index (χ4v) is 2.42. The lowest BCUT2D eigenvalue weighted by Gasteiger charge is -2.19. The van der Waals surface area contributed by atoms with E-state index in [4.69, 9.17) is 0 Å². The minimum absolute atomic E-state index is 0.160.